The van der Waals surface area contributed by atoms with Gasteiger partial charge in [-0.05, 0) is 37.8 Å². The molecular weight excluding hydrogens is 247 g/mol. The first-order chi connectivity index (χ1) is 9.08. The monoisotopic (exact) mass is 266 g/mol. The molecule has 1 unspecified atom stereocenters. The number of benzene rings is 1. The van der Waals surface area contributed by atoms with Crippen LogP contribution in [-0.2, 0) is 6.54 Å². The molecule has 1 atom stereocenters. The fourth-order valence-electron chi connectivity index (χ4n) is 2.77. The van der Waals surface area contributed by atoms with Crippen LogP contribution in [0.5, 0.6) is 0 Å². The van der Waals surface area contributed by atoms with E-state index in [0.717, 1.165) is 6.07 Å². The normalized spacial score (nSPS) is 17.6. The lowest BCUT2D eigenvalue weighted by Crippen LogP contribution is -2.31. The second-order valence-electron chi connectivity index (χ2n) is 5.24. The second-order valence-corrected chi connectivity index (χ2v) is 5.24. The number of nitrogens with zero attached hydrogens (tertiary/aromatic N) is 1. The highest BCUT2D eigenvalue weighted by Gasteiger charge is 2.22. The van der Waals surface area contributed by atoms with Crippen molar-refractivity contribution >= 4 is 5.69 Å². The summed E-state index contributed by atoms with van der Waals surface area (Å²) in [5, 5.41) is 14.2. The topological polar surface area (TPSA) is 55.2 Å². The molecule has 1 saturated carbocycles. The van der Waals surface area contributed by atoms with Crippen LogP contribution in [0.3, 0.4) is 0 Å². The molecule has 0 amide bonds. The zero-order valence-corrected chi connectivity index (χ0v) is 11.1. The minimum atomic E-state index is -0.462. The van der Waals surface area contributed by atoms with Crippen molar-refractivity contribution in [3.63, 3.8) is 0 Å². The molecule has 0 radical (unpaired) electrons. The first-order valence-corrected chi connectivity index (χ1v) is 6.74. The molecule has 1 aliphatic rings. The third-order valence-electron chi connectivity index (χ3n) is 3.96. The van der Waals surface area contributed by atoms with Crippen LogP contribution in [0.1, 0.15) is 38.2 Å². The molecule has 1 N–H and O–H groups in total. The number of rotatable bonds is 5. The molecule has 104 valence electrons. The average molecular weight is 266 g/mol. The van der Waals surface area contributed by atoms with Gasteiger partial charge in [0.25, 0.3) is 5.69 Å². The Kier molecular flexibility index (Phi) is 4.47. The number of halogens is 1. The predicted octanol–water partition coefficient (Wildman–Crippen LogP) is 3.40. The number of hydrogen-bond acceptors (Lipinski definition) is 3. The van der Waals surface area contributed by atoms with E-state index in [4.69, 9.17) is 0 Å². The van der Waals surface area contributed by atoms with Gasteiger partial charge in [-0.2, -0.15) is 0 Å². The summed E-state index contributed by atoms with van der Waals surface area (Å²) in [6.07, 6.45) is 4.94. The predicted molar refractivity (Wildman–Crippen MR) is 71.3 cm³/mol. The summed E-state index contributed by atoms with van der Waals surface area (Å²) in [6.45, 7) is 2.44. The highest BCUT2D eigenvalue weighted by Crippen LogP contribution is 2.28. The van der Waals surface area contributed by atoms with Gasteiger partial charge in [0.15, 0.2) is 0 Å². The average Bonchev–Trinajstić information content (AvgIpc) is 2.89. The molecule has 1 fully saturated rings. The Morgan fingerprint density at radius 1 is 1.47 bits per heavy atom. The summed E-state index contributed by atoms with van der Waals surface area (Å²) in [7, 11) is 0. The van der Waals surface area contributed by atoms with Crippen molar-refractivity contribution in [2.75, 3.05) is 0 Å². The minimum absolute atomic E-state index is 0.0208. The van der Waals surface area contributed by atoms with E-state index < -0.39 is 10.7 Å². The minimum Gasteiger partial charge on any atom is -0.310 e. The Balaban J connectivity index is 2.01. The van der Waals surface area contributed by atoms with Gasteiger partial charge in [0.1, 0.15) is 5.82 Å². The maximum Gasteiger partial charge on any atom is 0.274 e. The quantitative estimate of drug-likeness (QED) is 0.656. The Hall–Kier alpha value is -1.49. The molecule has 0 saturated heterocycles. The van der Waals surface area contributed by atoms with Crippen molar-refractivity contribution in [1.29, 1.82) is 0 Å². The van der Waals surface area contributed by atoms with E-state index in [1.54, 1.807) is 0 Å². The molecule has 0 spiro atoms. The smallest absolute Gasteiger partial charge is 0.274 e. The third-order valence-corrected chi connectivity index (χ3v) is 3.96. The fraction of sp³-hybridized carbons (Fsp3) is 0.571. The molecule has 0 bridgehead atoms. The summed E-state index contributed by atoms with van der Waals surface area (Å²) in [4.78, 5) is 10.4. The SMILES string of the molecule is CC(NCc1cc(F)ccc1[N+](=O)[O-])C1CCCC1. The summed E-state index contributed by atoms with van der Waals surface area (Å²) in [5.41, 5.74) is 0.391. The summed E-state index contributed by atoms with van der Waals surface area (Å²) >= 11 is 0. The molecule has 19 heavy (non-hydrogen) atoms. The van der Waals surface area contributed by atoms with Crippen LogP contribution in [0.2, 0.25) is 0 Å². The summed E-state index contributed by atoms with van der Waals surface area (Å²) < 4.78 is 13.2. The third kappa shape index (κ3) is 3.50. The fourth-order valence-corrected chi connectivity index (χ4v) is 2.77. The van der Waals surface area contributed by atoms with Gasteiger partial charge in [0.05, 0.1) is 4.92 Å². The van der Waals surface area contributed by atoms with Crippen LogP contribution in [0, 0.1) is 21.8 Å². The van der Waals surface area contributed by atoms with Crippen molar-refractivity contribution < 1.29 is 9.31 Å². The number of nitrogens with one attached hydrogen (secondary N) is 1. The molecular formula is C14H19FN2O2. The highest BCUT2D eigenvalue weighted by molar-refractivity contribution is 5.40. The molecule has 5 heteroatoms. The first kappa shape index (κ1) is 13.9. The maximum absolute atomic E-state index is 13.2. The van der Waals surface area contributed by atoms with E-state index in [1.807, 2.05) is 0 Å². The van der Waals surface area contributed by atoms with Gasteiger partial charge in [-0.15, -0.1) is 0 Å². The van der Waals surface area contributed by atoms with Gasteiger partial charge in [-0.1, -0.05) is 12.8 Å². The summed E-state index contributed by atoms with van der Waals surface area (Å²) in [6, 6.07) is 3.91. The molecule has 1 aromatic carbocycles. The van der Waals surface area contributed by atoms with Crippen molar-refractivity contribution in [2.24, 2.45) is 5.92 Å². The molecule has 1 aliphatic carbocycles. The first-order valence-electron chi connectivity index (χ1n) is 6.74. The Morgan fingerprint density at radius 3 is 2.79 bits per heavy atom. The van der Waals surface area contributed by atoms with Gasteiger partial charge in [-0.25, -0.2) is 4.39 Å². The summed E-state index contributed by atoms with van der Waals surface area (Å²) in [5.74, 6) is 0.198. The molecule has 0 aromatic heterocycles. The van der Waals surface area contributed by atoms with Crippen molar-refractivity contribution in [3.8, 4) is 0 Å². The van der Waals surface area contributed by atoms with E-state index in [-0.39, 0.29) is 5.69 Å². The van der Waals surface area contributed by atoms with Crippen LogP contribution in [-0.4, -0.2) is 11.0 Å². The lowest BCUT2D eigenvalue weighted by molar-refractivity contribution is -0.385. The van der Waals surface area contributed by atoms with Gasteiger partial charge in [-0.3, -0.25) is 10.1 Å². The molecule has 4 nitrogen and oxygen atoms in total. The molecule has 1 aromatic rings. The van der Waals surface area contributed by atoms with Crippen molar-refractivity contribution in [2.45, 2.75) is 45.2 Å². The molecule has 2 rings (SSSR count). The van der Waals surface area contributed by atoms with Gasteiger partial charge in [0.2, 0.25) is 0 Å². The number of nitro benzene ring substituents is 1. The van der Waals surface area contributed by atoms with Gasteiger partial charge >= 0.3 is 0 Å². The van der Waals surface area contributed by atoms with Gasteiger partial charge in [0, 0.05) is 24.2 Å². The van der Waals surface area contributed by atoms with Crippen LogP contribution >= 0.6 is 0 Å². The van der Waals surface area contributed by atoms with Crippen molar-refractivity contribution in [1.82, 2.24) is 5.32 Å². The van der Waals surface area contributed by atoms with E-state index in [1.165, 1.54) is 37.8 Å². The zero-order chi connectivity index (χ0) is 13.8. The second kappa shape index (κ2) is 6.10. The van der Waals surface area contributed by atoms with Crippen LogP contribution in [0.15, 0.2) is 18.2 Å². The van der Waals surface area contributed by atoms with Crippen molar-refractivity contribution in [3.05, 3.63) is 39.7 Å². The Morgan fingerprint density at radius 2 is 2.16 bits per heavy atom. The van der Waals surface area contributed by atoms with Crippen LogP contribution in [0.25, 0.3) is 0 Å². The zero-order valence-electron chi connectivity index (χ0n) is 11.1. The Bertz CT molecular complexity index is 459. The Labute approximate surface area is 112 Å². The standard InChI is InChI=1S/C14H19FN2O2/c1-10(11-4-2-3-5-11)16-9-12-8-13(15)6-7-14(12)17(18)19/h6-8,10-11,16H,2-5,9H2,1H3. The largest absolute Gasteiger partial charge is 0.310 e. The molecule has 0 aliphatic heterocycles. The van der Waals surface area contributed by atoms with E-state index in [0.29, 0.717) is 24.1 Å². The maximum atomic E-state index is 13.2. The van der Waals surface area contributed by atoms with E-state index in [9.17, 15) is 14.5 Å². The van der Waals surface area contributed by atoms with Crippen LogP contribution in [0.4, 0.5) is 10.1 Å². The lowest BCUT2D eigenvalue weighted by Gasteiger charge is -2.20. The van der Waals surface area contributed by atoms with E-state index >= 15 is 0 Å². The molecule has 0 heterocycles. The van der Waals surface area contributed by atoms with Gasteiger partial charge < -0.3 is 5.32 Å². The van der Waals surface area contributed by atoms with E-state index in [2.05, 4.69) is 12.2 Å². The van der Waals surface area contributed by atoms with Crippen LogP contribution < -0.4 is 5.32 Å². The highest BCUT2D eigenvalue weighted by atomic mass is 19.1. The number of hydrogen-bond donors (Lipinski definition) is 1. The number of nitro groups is 1. The lowest BCUT2D eigenvalue weighted by atomic mass is 9.99.